The quantitative estimate of drug-likeness (QED) is 0.477. The highest BCUT2D eigenvalue weighted by Crippen LogP contribution is 2.22. The fraction of sp³-hybridized carbons (Fsp3) is 0.269. The number of anilines is 1. The molecule has 1 fully saturated rings. The maximum absolute atomic E-state index is 13.5. The highest BCUT2D eigenvalue weighted by Gasteiger charge is 2.30. The summed E-state index contributed by atoms with van der Waals surface area (Å²) in [7, 11) is -2.42. The molecule has 0 radical (unpaired) electrons. The van der Waals surface area contributed by atoms with Crippen molar-refractivity contribution in [2.24, 2.45) is 0 Å². The summed E-state index contributed by atoms with van der Waals surface area (Å²) in [5.74, 6) is 0.00424. The van der Waals surface area contributed by atoms with Gasteiger partial charge in [0.1, 0.15) is 11.6 Å². The fourth-order valence-electron chi connectivity index (χ4n) is 4.03. The molecular weight excluding hydrogens is 469 g/mol. The van der Waals surface area contributed by atoms with E-state index in [-0.39, 0.29) is 29.7 Å². The van der Waals surface area contributed by atoms with Crippen molar-refractivity contribution < 1.29 is 22.3 Å². The average molecular weight is 498 g/mol. The average Bonchev–Trinajstić information content (AvgIpc) is 2.89. The van der Waals surface area contributed by atoms with E-state index in [0.717, 1.165) is 11.3 Å². The van der Waals surface area contributed by atoms with Crippen molar-refractivity contribution in [3.05, 3.63) is 90.2 Å². The van der Waals surface area contributed by atoms with Gasteiger partial charge in [-0.05, 0) is 54.1 Å². The van der Waals surface area contributed by atoms with E-state index >= 15 is 0 Å². The number of sulfonamides is 1. The summed E-state index contributed by atoms with van der Waals surface area (Å²) < 4.78 is 46.6. The highest BCUT2D eigenvalue weighted by atomic mass is 32.2. The summed E-state index contributed by atoms with van der Waals surface area (Å²) in [5.41, 5.74) is 1.69. The van der Waals surface area contributed by atoms with Crippen LogP contribution in [0.15, 0.2) is 83.8 Å². The van der Waals surface area contributed by atoms with Crippen molar-refractivity contribution in [1.82, 2.24) is 9.21 Å². The number of hydrogen-bond acceptors (Lipinski definition) is 5. The van der Waals surface area contributed by atoms with Gasteiger partial charge < -0.3 is 14.5 Å². The Morgan fingerprint density at radius 2 is 1.54 bits per heavy atom. The third-order valence-corrected chi connectivity index (χ3v) is 7.84. The number of halogens is 1. The third kappa shape index (κ3) is 5.98. The van der Waals surface area contributed by atoms with Crippen LogP contribution in [0.5, 0.6) is 5.75 Å². The fourth-order valence-corrected chi connectivity index (χ4v) is 5.40. The molecule has 0 unspecified atom stereocenters. The minimum Gasteiger partial charge on any atom is -0.497 e. The van der Waals surface area contributed by atoms with Gasteiger partial charge in [0.15, 0.2) is 0 Å². The van der Waals surface area contributed by atoms with E-state index < -0.39 is 10.0 Å². The second-order valence-corrected chi connectivity index (χ2v) is 10.2. The predicted octanol–water partition coefficient (Wildman–Crippen LogP) is 3.37. The van der Waals surface area contributed by atoms with E-state index in [0.29, 0.717) is 31.9 Å². The molecule has 1 aliphatic rings. The van der Waals surface area contributed by atoms with E-state index in [2.05, 4.69) is 4.90 Å². The first-order valence-electron chi connectivity index (χ1n) is 11.3. The SMILES string of the molecule is COc1ccc(S(=O)(=O)N(CC(=O)N2CCN(c3ccc(F)cc3)CC2)Cc2ccccc2)cc1. The number of carbonyl (C=O) groups excluding carboxylic acids is 1. The zero-order valence-electron chi connectivity index (χ0n) is 19.5. The molecule has 3 aromatic carbocycles. The zero-order valence-corrected chi connectivity index (χ0v) is 20.3. The molecule has 35 heavy (non-hydrogen) atoms. The summed E-state index contributed by atoms with van der Waals surface area (Å²) in [6, 6.07) is 21.6. The molecule has 7 nitrogen and oxygen atoms in total. The van der Waals surface area contributed by atoms with Gasteiger partial charge in [-0.1, -0.05) is 30.3 Å². The third-order valence-electron chi connectivity index (χ3n) is 6.03. The molecule has 0 N–H and O–H groups in total. The molecule has 1 heterocycles. The molecular formula is C26H28FN3O4S. The first-order chi connectivity index (χ1) is 16.9. The molecule has 184 valence electrons. The molecule has 0 saturated carbocycles. The van der Waals surface area contributed by atoms with Crippen LogP contribution in [-0.4, -0.2) is 63.4 Å². The Balaban J connectivity index is 1.48. The number of hydrogen-bond donors (Lipinski definition) is 0. The Hall–Kier alpha value is -3.43. The number of carbonyl (C=O) groups is 1. The van der Waals surface area contributed by atoms with Gasteiger partial charge >= 0.3 is 0 Å². The molecule has 0 atom stereocenters. The maximum atomic E-state index is 13.5. The highest BCUT2D eigenvalue weighted by molar-refractivity contribution is 7.89. The number of benzene rings is 3. The van der Waals surface area contributed by atoms with Crippen LogP contribution in [-0.2, 0) is 21.4 Å². The van der Waals surface area contributed by atoms with Crippen LogP contribution >= 0.6 is 0 Å². The van der Waals surface area contributed by atoms with Gasteiger partial charge in [-0.25, -0.2) is 12.8 Å². The van der Waals surface area contributed by atoms with E-state index in [1.165, 1.54) is 35.7 Å². The standard InChI is InChI=1S/C26H28FN3O4S/c1-34-24-11-13-25(14-12-24)35(32,33)30(19-21-5-3-2-4-6-21)20-26(31)29-17-15-28(16-18-29)23-9-7-22(27)8-10-23/h2-14H,15-20H2,1H3. The van der Waals surface area contributed by atoms with E-state index in [4.69, 9.17) is 4.74 Å². The van der Waals surface area contributed by atoms with E-state index in [1.54, 1.807) is 29.2 Å². The van der Waals surface area contributed by atoms with E-state index in [1.807, 2.05) is 30.3 Å². The largest absolute Gasteiger partial charge is 0.497 e. The van der Waals surface area contributed by atoms with Gasteiger partial charge in [-0.2, -0.15) is 4.31 Å². The Bertz CT molecular complexity index is 1230. The molecule has 3 aromatic rings. The van der Waals surface area contributed by atoms with Gasteiger partial charge in [0.25, 0.3) is 0 Å². The van der Waals surface area contributed by atoms with Crippen molar-refractivity contribution >= 4 is 21.6 Å². The molecule has 0 bridgehead atoms. The Kier molecular flexibility index (Phi) is 7.67. The molecule has 1 amide bonds. The van der Waals surface area contributed by atoms with Crippen LogP contribution in [0.2, 0.25) is 0 Å². The maximum Gasteiger partial charge on any atom is 0.243 e. The van der Waals surface area contributed by atoms with Crippen molar-refractivity contribution in [3.63, 3.8) is 0 Å². The lowest BCUT2D eigenvalue weighted by molar-refractivity contribution is -0.131. The normalized spacial score (nSPS) is 14.3. The molecule has 9 heteroatoms. The van der Waals surface area contributed by atoms with Gasteiger partial charge in [0.2, 0.25) is 15.9 Å². The van der Waals surface area contributed by atoms with Crippen LogP contribution in [0.3, 0.4) is 0 Å². The van der Waals surface area contributed by atoms with E-state index in [9.17, 15) is 17.6 Å². The Morgan fingerprint density at radius 3 is 2.14 bits per heavy atom. The number of piperazine rings is 1. The van der Waals surface area contributed by atoms with Crippen molar-refractivity contribution in [2.45, 2.75) is 11.4 Å². The second-order valence-electron chi connectivity index (χ2n) is 8.28. The smallest absolute Gasteiger partial charge is 0.243 e. The van der Waals surface area contributed by atoms with Crippen LogP contribution in [0.25, 0.3) is 0 Å². The lowest BCUT2D eigenvalue weighted by Crippen LogP contribution is -2.51. The number of nitrogens with zero attached hydrogens (tertiary/aromatic N) is 3. The summed E-state index contributed by atoms with van der Waals surface area (Å²) in [4.78, 5) is 17.1. The van der Waals surface area contributed by atoms with Gasteiger partial charge in [0.05, 0.1) is 18.6 Å². The topological polar surface area (TPSA) is 70.2 Å². The number of amides is 1. The molecule has 0 aromatic heterocycles. The van der Waals surface area contributed by atoms with Gasteiger partial charge in [-0.15, -0.1) is 0 Å². The van der Waals surface area contributed by atoms with Crippen LogP contribution in [0, 0.1) is 5.82 Å². The molecule has 1 aliphatic heterocycles. The minimum absolute atomic E-state index is 0.0798. The Morgan fingerprint density at radius 1 is 0.914 bits per heavy atom. The first-order valence-corrected chi connectivity index (χ1v) is 12.8. The summed E-state index contributed by atoms with van der Waals surface area (Å²) in [5, 5.41) is 0. The number of rotatable bonds is 8. The second kappa shape index (κ2) is 10.9. The van der Waals surface area contributed by atoms with Crippen molar-refractivity contribution in [3.8, 4) is 5.75 Å². The summed E-state index contributed by atoms with van der Waals surface area (Å²) in [6.07, 6.45) is 0. The van der Waals surface area contributed by atoms with Crippen LogP contribution < -0.4 is 9.64 Å². The monoisotopic (exact) mass is 497 g/mol. The van der Waals surface area contributed by atoms with Gasteiger partial charge in [0, 0.05) is 38.4 Å². The Labute approximate surface area is 205 Å². The minimum atomic E-state index is -3.93. The molecule has 4 rings (SSSR count). The summed E-state index contributed by atoms with van der Waals surface area (Å²) >= 11 is 0. The van der Waals surface area contributed by atoms with Crippen LogP contribution in [0.4, 0.5) is 10.1 Å². The molecule has 1 saturated heterocycles. The zero-order chi connectivity index (χ0) is 24.8. The number of methoxy groups -OCH3 is 1. The van der Waals surface area contributed by atoms with Crippen LogP contribution in [0.1, 0.15) is 5.56 Å². The molecule has 0 aliphatic carbocycles. The number of ether oxygens (including phenoxy) is 1. The lowest BCUT2D eigenvalue weighted by atomic mass is 10.2. The van der Waals surface area contributed by atoms with Gasteiger partial charge in [-0.3, -0.25) is 4.79 Å². The summed E-state index contributed by atoms with van der Waals surface area (Å²) in [6.45, 7) is 1.90. The first kappa shape index (κ1) is 24.7. The molecule has 0 spiro atoms. The predicted molar refractivity (Wildman–Crippen MR) is 132 cm³/mol. The van der Waals surface area contributed by atoms with Crippen molar-refractivity contribution in [1.29, 1.82) is 0 Å². The van der Waals surface area contributed by atoms with Crippen molar-refractivity contribution in [2.75, 3.05) is 44.7 Å². The lowest BCUT2D eigenvalue weighted by Gasteiger charge is -2.37.